The van der Waals surface area contributed by atoms with Gasteiger partial charge in [-0.1, -0.05) is 30.3 Å². The fraction of sp³-hybridized carbons (Fsp3) is 0.571. The summed E-state index contributed by atoms with van der Waals surface area (Å²) < 4.78 is 0. The molecule has 0 radical (unpaired) electrons. The molecule has 3 nitrogen and oxygen atoms in total. The third-order valence-electron chi connectivity index (χ3n) is 3.25. The summed E-state index contributed by atoms with van der Waals surface area (Å²) in [6.45, 7) is 3.61. The minimum absolute atomic E-state index is 0. The first-order chi connectivity index (χ1) is 8.86. The van der Waals surface area contributed by atoms with E-state index in [0.717, 1.165) is 37.7 Å². The summed E-state index contributed by atoms with van der Waals surface area (Å²) >= 11 is 1.95. The van der Waals surface area contributed by atoms with Crippen LogP contribution in [0.15, 0.2) is 30.3 Å². The predicted octanol–water partition coefficient (Wildman–Crippen LogP) is 1.51. The van der Waals surface area contributed by atoms with Crippen LogP contribution in [0.25, 0.3) is 0 Å². The van der Waals surface area contributed by atoms with Crippen LogP contribution >= 0.6 is 24.2 Å². The largest absolute Gasteiger partial charge is 0.391 e. The molecule has 3 N–H and O–H groups in total. The summed E-state index contributed by atoms with van der Waals surface area (Å²) in [6, 6.07) is 10.6. The van der Waals surface area contributed by atoms with Gasteiger partial charge in [0.1, 0.15) is 0 Å². The Labute approximate surface area is 126 Å². The quantitative estimate of drug-likeness (QED) is 0.668. The van der Waals surface area contributed by atoms with E-state index in [-0.39, 0.29) is 18.5 Å². The highest BCUT2D eigenvalue weighted by Crippen LogP contribution is 2.11. The number of aliphatic hydroxyl groups excluding tert-OH is 1. The summed E-state index contributed by atoms with van der Waals surface area (Å²) in [5.74, 6) is 2.57. The maximum absolute atomic E-state index is 9.63. The van der Waals surface area contributed by atoms with Crippen LogP contribution in [-0.2, 0) is 5.75 Å². The number of β-amino-alcohol motifs (C(OH)–C–C–N with tert-alkyl or cyclic N) is 1. The van der Waals surface area contributed by atoms with Crippen molar-refractivity contribution in [2.45, 2.75) is 11.9 Å². The fourth-order valence-electron chi connectivity index (χ4n) is 2.12. The summed E-state index contributed by atoms with van der Waals surface area (Å²) in [5, 5.41) is 16.3. The molecule has 1 aliphatic rings. The molecule has 0 spiro atoms. The van der Waals surface area contributed by atoms with Crippen molar-refractivity contribution in [1.82, 2.24) is 10.6 Å². The number of aliphatic hydroxyl groups is 1. The topological polar surface area (TPSA) is 44.3 Å². The van der Waals surface area contributed by atoms with Crippen molar-refractivity contribution in [3.8, 4) is 0 Å². The van der Waals surface area contributed by atoms with Gasteiger partial charge in [0.25, 0.3) is 0 Å². The zero-order chi connectivity index (χ0) is 12.6. The van der Waals surface area contributed by atoms with Crippen molar-refractivity contribution in [1.29, 1.82) is 0 Å². The minimum atomic E-state index is -0.172. The zero-order valence-corrected chi connectivity index (χ0v) is 12.7. The molecule has 2 rings (SSSR count). The lowest BCUT2D eigenvalue weighted by atomic mass is 10.1. The number of halogens is 1. The summed E-state index contributed by atoms with van der Waals surface area (Å²) in [4.78, 5) is 0. The second-order valence-corrected chi connectivity index (χ2v) is 5.83. The molecule has 1 aromatic rings. The Balaban J connectivity index is 0.00000180. The molecule has 5 heteroatoms. The molecule has 1 saturated heterocycles. The van der Waals surface area contributed by atoms with E-state index in [2.05, 4.69) is 41.0 Å². The fourth-order valence-corrected chi connectivity index (χ4v) is 2.98. The lowest BCUT2D eigenvalue weighted by Crippen LogP contribution is -2.31. The molecule has 0 amide bonds. The zero-order valence-electron chi connectivity index (χ0n) is 11.0. The van der Waals surface area contributed by atoms with Gasteiger partial charge in [-0.2, -0.15) is 11.8 Å². The molecule has 0 aromatic heterocycles. The molecule has 1 heterocycles. The Morgan fingerprint density at radius 1 is 1.26 bits per heavy atom. The Bertz CT molecular complexity index is 339. The second-order valence-electron chi connectivity index (χ2n) is 4.73. The van der Waals surface area contributed by atoms with Gasteiger partial charge in [-0.05, 0) is 5.56 Å². The predicted molar refractivity (Wildman–Crippen MR) is 85.1 cm³/mol. The van der Waals surface area contributed by atoms with E-state index in [9.17, 15) is 5.11 Å². The molecule has 2 atom stereocenters. The highest BCUT2D eigenvalue weighted by molar-refractivity contribution is 7.98. The van der Waals surface area contributed by atoms with Gasteiger partial charge < -0.3 is 15.7 Å². The summed E-state index contributed by atoms with van der Waals surface area (Å²) in [7, 11) is 0. The molecule has 1 fully saturated rings. The van der Waals surface area contributed by atoms with Crippen molar-refractivity contribution in [3.05, 3.63) is 35.9 Å². The van der Waals surface area contributed by atoms with Gasteiger partial charge in [0.15, 0.2) is 0 Å². The van der Waals surface area contributed by atoms with Crippen molar-refractivity contribution >= 4 is 24.2 Å². The Kier molecular flexibility index (Phi) is 8.50. The number of rotatable bonds is 7. The van der Waals surface area contributed by atoms with Crippen LogP contribution in [0.3, 0.4) is 0 Å². The van der Waals surface area contributed by atoms with Crippen molar-refractivity contribution in [3.63, 3.8) is 0 Å². The lowest BCUT2D eigenvalue weighted by Gasteiger charge is -2.13. The van der Waals surface area contributed by atoms with Crippen LogP contribution in [0.1, 0.15) is 5.56 Å². The van der Waals surface area contributed by atoms with Gasteiger partial charge in [0.2, 0.25) is 0 Å². The Morgan fingerprint density at radius 2 is 2.05 bits per heavy atom. The van der Waals surface area contributed by atoms with Crippen LogP contribution in [0.5, 0.6) is 0 Å². The maximum atomic E-state index is 9.63. The Morgan fingerprint density at radius 3 is 2.74 bits per heavy atom. The Hall–Kier alpha value is -0.260. The smallest absolute Gasteiger partial charge is 0.0716 e. The molecule has 0 aliphatic carbocycles. The average molecular weight is 303 g/mol. The number of benzene rings is 1. The molecule has 19 heavy (non-hydrogen) atoms. The van der Waals surface area contributed by atoms with Crippen molar-refractivity contribution in [2.75, 3.05) is 31.9 Å². The lowest BCUT2D eigenvalue weighted by molar-refractivity contribution is 0.147. The van der Waals surface area contributed by atoms with E-state index in [4.69, 9.17) is 0 Å². The third-order valence-corrected chi connectivity index (χ3v) is 4.28. The van der Waals surface area contributed by atoms with Crippen LogP contribution in [-0.4, -0.2) is 43.1 Å². The van der Waals surface area contributed by atoms with Gasteiger partial charge in [-0.25, -0.2) is 0 Å². The standard InChI is InChI=1S/C14H22N2OS.ClH/c17-14-10-16-9-13(14)8-15-6-7-18-11-12-4-2-1-3-5-12;/h1-5,13-17H,6-11H2;1H. The van der Waals surface area contributed by atoms with Gasteiger partial charge in [-0.3, -0.25) is 0 Å². The monoisotopic (exact) mass is 302 g/mol. The van der Waals surface area contributed by atoms with Crippen LogP contribution in [0.4, 0.5) is 0 Å². The highest BCUT2D eigenvalue weighted by Gasteiger charge is 2.23. The molecule has 0 saturated carbocycles. The van der Waals surface area contributed by atoms with Crippen LogP contribution in [0.2, 0.25) is 0 Å². The number of thioether (sulfide) groups is 1. The normalized spacial score (nSPS) is 22.2. The summed E-state index contributed by atoms with van der Waals surface area (Å²) in [6.07, 6.45) is -0.172. The average Bonchev–Trinajstić information content (AvgIpc) is 2.81. The SMILES string of the molecule is Cl.OC1CNCC1CNCCSCc1ccccc1. The third kappa shape index (κ3) is 6.15. The van der Waals surface area contributed by atoms with E-state index < -0.39 is 0 Å². The molecule has 2 unspecified atom stereocenters. The van der Waals surface area contributed by atoms with E-state index >= 15 is 0 Å². The molecule has 1 aliphatic heterocycles. The van der Waals surface area contributed by atoms with E-state index in [1.54, 1.807) is 0 Å². The van der Waals surface area contributed by atoms with Crippen molar-refractivity contribution in [2.24, 2.45) is 5.92 Å². The van der Waals surface area contributed by atoms with Crippen LogP contribution in [0, 0.1) is 5.92 Å². The minimum Gasteiger partial charge on any atom is -0.391 e. The summed E-state index contributed by atoms with van der Waals surface area (Å²) in [5.41, 5.74) is 1.39. The molecule has 0 bridgehead atoms. The van der Waals surface area contributed by atoms with Gasteiger partial charge in [0.05, 0.1) is 6.10 Å². The van der Waals surface area contributed by atoms with Gasteiger partial charge in [0, 0.05) is 43.6 Å². The molecule has 1 aromatic carbocycles. The van der Waals surface area contributed by atoms with Crippen molar-refractivity contribution < 1.29 is 5.11 Å². The van der Waals surface area contributed by atoms with E-state index in [1.807, 2.05) is 11.8 Å². The number of hydrogen-bond donors (Lipinski definition) is 3. The van der Waals surface area contributed by atoms with E-state index in [0.29, 0.717) is 5.92 Å². The van der Waals surface area contributed by atoms with Crippen LogP contribution < -0.4 is 10.6 Å². The first kappa shape index (κ1) is 16.8. The number of nitrogens with one attached hydrogen (secondary N) is 2. The molecular weight excluding hydrogens is 280 g/mol. The van der Waals surface area contributed by atoms with Gasteiger partial charge >= 0.3 is 0 Å². The second kappa shape index (κ2) is 9.61. The molecule has 108 valence electrons. The number of hydrogen-bond acceptors (Lipinski definition) is 4. The highest BCUT2D eigenvalue weighted by atomic mass is 35.5. The first-order valence-corrected chi connectivity index (χ1v) is 7.73. The first-order valence-electron chi connectivity index (χ1n) is 6.57. The maximum Gasteiger partial charge on any atom is 0.0716 e. The van der Waals surface area contributed by atoms with Gasteiger partial charge in [-0.15, -0.1) is 12.4 Å². The molecular formula is C14H23ClN2OS. The van der Waals surface area contributed by atoms with E-state index in [1.165, 1.54) is 5.56 Å².